The average molecular weight is 240 g/mol. The molecule has 6 heteroatoms. The fourth-order valence-corrected chi connectivity index (χ4v) is 1.66. The molecule has 0 aliphatic heterocycles. The van der Waals surface area contributed by atoms with Gasteiger partial charge in [-0.15, -0.1) is 0 Å². The Labute approximate surface area is 101 Å². The number of hydrogen-bond acceptors (Lipinski definition) is 5. The number of methoxy groups -OCH3 is 2. The van der Waals surface area contributed by atoms with Crippen LogP contribution in [0.1, 0.15) is 11.1 Å². The van der Waals surface area contributed by atoms with Crippen LogP contribution in [0.5, 0.6) is 5.75 Å². The van der Waals surface area contributed by atoms with Gasteiger partial charge in [-0.1, -0.05) is 17.7 Å². The van der Waals surface area contributed by atoms with Gasteiger partial charge in [0.1, 0.15) is 12.5 Å². The summed E-state index contributed by atoms with van der Waals surface area (Å²) in [4.78, 5) is 0. The first-order valence-electron chi connectivity index (χ1n) is 5.20. The van der Waals surface area contributed by atoms with Gasteiger partial charge in [0, 0.05) is 18.1 Å². The molecule has 0 bridgehead atoms. The molecule has 1 aromatic rings. The first-order valence-corrected chi connectivity index (χ1v) is 5.20. The predicted molar refractivity (Wildman–Crippen MR) is 64.2 cm³/mol. The van der Waals surface area contributed by atoms with E-state index in [0.717, 1.165) is 11.1 Å². The quantitative estimate of drug-likeness (QED) is 0.409. The molecular formula is C11H17BO5. The van der Waals surface area contributed by atoms with Gasteiger partial charge < -0.3 is 24.3 Å². The standard InChI is InChI=1S/C11H17BO5/c1-8-4-9(6-17-7-15-2)11(16-3)10(5-8)12(13)14/h4-5,13-14H,6-7H2,1-3H3. The molecule has 94 valence electrons. The van der Waals surface area contributed by atoms with Gasteiger partial charge in [-0.05, 0) is 6.92 Å². The molecule has 0 saturated heterocycles. The highest BCUT2D eigenvalue weighted by Gasteiger charge is 2.20. The van der Waals surface area contributed by atoms with Gasteiger partial charge in [0.15, 0.2) is 0 Å². The molecule has 1 rings (SSSR count). The van der Waals surface area contributed by atoms with Crippen LogP contribution in [0.4, 0.5) is 0 Å². The molecule has 0 aromatic heterocycles. The van der Waals surface area contributed by atoms with Gasteiger partial charge in [-0.3, -0.25) is 0 Å². The first-order chi connectivity index (χ1) is 8.10. The maximum absolute atomic E-state index is 9.27. The summed E-state index contributed by atoms with van der Waals surface area (Å²) < 4.78 is 15.2. The molecule has 0 unspecified atom stereocenters. The van der Waals surface area contributed by atoms with Crippen molar-refractivity contribution in [3.63, 3.8) is 0 Å². The number of rotatable bonds is 6. The van der Waals surface area contributed by atoms with E-state index in [2.05, 4.69) is 0 Å². The Balaban J connectivity index is 3.01. The van der Waals surface area contributed by atoms with E-state index in [-0.39, 0.29) is 6.79 Å². The molecule has 0 aliphatic rings. The Kier molecular flexibility index (Phi) is 5.44. The molecule has 0 aliphatic carbocycles. The summed E-state index contributed by atoms with van der Waals surface area (Å²) in [7, 11) is 1.46. The Hall–Kier alpha value is -1.08. The second-order valence-electron chi connectivity index (χ2n) is 3.68. The van der Waals surface area contributed by atoms with Crippen LogP contribution in [-0.2, 0) is 16.1 Å². The van der Waals surface area contributed by atoms with Crippen LogP contribution >= 0.6 is 0 Å². The third-order valence-corrected chi connectivity index (χ3v) is 2.28. The topological polar surface area (TPSA) is 68.2 Å². The summed E-state index contributed by atoms with van der Waals surface area (Å²) >= 11 is 0. The van der Waals surface area contributed by atoms with E-state index < -0.39 is 7.12 Å². The lowest BCUT2D eigenvalue weighted by Crippen LogP contribution is -2.32. The second kappa shape index (κ2) is 6.61. The fourth-order valence-electron chi connectivity index (χ4n) is 1.66. The zero-order chi connectivity index (χ0) is 12.8. The van der Waals surface area contributed by atoms with E-state index in [1.165, 1.54) is 14.2 Å². The molecule has 0 saturated carbocycles. The van der Waals surface area contributed by atoms with Gasteiger partial charge in [0.25, 0.3) is 0 Å². The van der Waals surface area contributed by atoms with Crippen molar-refractivity contribution in [2.24, 2.45) is 0 Å². The van der Waals surface area contributed by atoms with E-state index in [1.807, 2.05) is 13.0 Å². The minimum atomic E-state index is -1.56. The van der Waals surface area contributed by atoms with E-state index in [4.69, 9.17) is 14.2 Å². The van der Waals surface area contributed by atoms with Gasteiger partial charge in [-0.2, -0.15) is 0 Å². The Bertz CT molecular complexity index is 367. The third-order valence-electron chi connectivity index (χ3n) is 2.28. The van der Waals surface area contributed by atoms with Gasteiger partial charge in [-0.25, -0.2) is 0 Å². The van der Waals surface area contributed by atoms with Gasteiger partial charge in [0.2, 0.25) is 0 Å². The van der Waals surface area contributed by atoms with E-state index in [9.17, 15) is 10.0 Å². The Morgan fingerprint density at radius 3 is 2.47 bits per heavy atom. The van der Waals surface area contributed by atoms with Gasteiger partial charge in [0.05, 0.1) is 13.7 Å². The average Bonchev–Trinajstić information content (AvgIpc) is 2.28. The number of benzene rings is 1. The molecule has 0 amide bonds. The third kappa shape index (κ3) is 3.71. The maximum Gasteiger partial charge on any atom is 0.492 e. The van der Waals surface area contributed by atoms with Crippen LogP contribution in [0.2, 0.25) is 0 Å². The number of aryl methyl sites for hydroxylation is 1. The van der Waals surface area contributed by atoms with Crippen LogP contribution in [0.3, 0.4) is 0 Å². The highest BCUT2D eigenvalue weighted by Crippen LogP contribution is 2.19. The SMILES string of the molecule is COCOCc1cc(C)cc(B(O)O)c1OC. The number of ether oxygens (including phenoxy) is 3. The van der Waals surface area contributed by atoms with Crippen molar-refractivity contribution >= 4 is 12.6 Å². The molecule has 17 heavy (non-hydrogen) atoms. The minimum absolute atomic E-state index is 0.175. The summed E-state index contributed by atoms with van der Waals surface area (Å²) in [6.45, 7) is 2.33. The first kappa shape index (κ1) is 14.0. The van der Waals surface area contributed by atoms with Crippen molar-refractivity contribution in [1.29, 1.82) is 0 Å². The highest BCUT2D eigenvalue weighted by atomic mass is 16.7. The fraction of sp³-hybridized carbons (Fsp3) is 0.455. The second-order valence-corrected chi connectivity index (χ2v) is 3.68. The van der Waals surface area contributed by atoms with Crippen molar-refractivity contribution in [3.05, 3.63) is 23.3 Å². The van der Waals surface area contributed by atoms with Crippen LogP contribution in [0, 0.1) is 6.92 Å². The largest absolute Gasteiger partial charge is 0.497 e. The molecular weight excluding hydrogens is 223 g/mol. The van der Waals surface area contributed by atoms with Crippen molar-refractivity contribution in [2.45, 2.75) is 13.5 Å². The predicted octanol–water partition coefficient (Wildman–Crippen LogP) is -0.196. The Morgan fingerprint density at radius 2 is 1.94 bits per heavy atom. The van der Waals surface area contributed by atoms with Crippen LogP contribution < -0.4 is 10.2 Å². The molecule has 0 spiro atoms. The maximum atomic E-state index is 9.27. The summed E-state index contributed by atoms with van der Waals surface area (Å²) in [5, 5.41) is 18.5. The van der Waals surface area contributed by atoms with Crippen molar-refractivity contribution in [3.8, 4) is 5.75 Å². The molecule has 0 radical (unpaired) electrons. The summed E-state index contributed by atoms with van der Waals surface area (Å²) in [6, 6.07) is 3.55. The minimum Gasteiger partial charge on any atom is -0.497 e. The summed E-state index contributed by atoms with van der Waals surface area (Å²) in [5.74, 6) is 0.432. The lowest BCUT2D eigenvalue weighted by molar-refractivity contribution is -0.0395. The highest BCUT2D eigenvalue weighted by molar-refractivity contribution is 6.59. The Morgan fingerprint density at radius 1 is 1.24 bits per heavy atom. The molecule has 0 atom stereocenters. The monoisotopic (exact) mass is 240 g/mol. The lowest BCUT2D eigenvalue weighted by Gasteiger charge is -2.14. The molecule has 5 nitrogen and oxygen atoms in total. The van der Waals surface area contributed by atoms with E-state index in [0.29, 0.717) is 17.8 Å². The van der Waals surface area contributed by atoms with Crippen molar-refractivity contribution < 1.29 is 24.3 Å². The molecule has 0 heterocycles. The smallest absolute Gasteiger partial charge is 0.492 e. The summed E-state index contributed by atoms with van der Waals surface area (Å²) in [5.41, 5.74) is 2.00. The normalized spacial score (nSPS) is 10.4. The molecule has 0 fully saturated rings. The zero-order valence-corrected chi connectivity index (χ0v) is 10.3. The van der Waals surface area contributed by atoms with Crippen LogP contribution in [0.15, 0.2) is 12.1 Å². The van der Waals surface area contributed by atoms with Crippen molar-refractivity contribution in [2.75, 3.05) is 21.0 Å². The van der Waals surface area contributed by atoms with Gasteiger partial charge >= 0.3 is 7.12 Å². The zero-order valence-electron chi connectivity index (χ0n) is 10.3. The van der Waals surface area contributed by atoms with Crippen molar-refractivity contribution in [1.82, 2.24) is 0 Å². The number of hydrogen-bond donors (Lipinski definition) is 2. The summed E-state index contributed by atoms with van der Waals surface area (Å²) in [6.07, 6.45) is 0. The molecule has 2 N–H and O–H groups in total. The van der Waals surface area contributed by atoms with Crippen LogP contribution in [0.25, 0.3) is 0 Å². The van der Waals surface area contributed by atoms with E-state index in [1.54, 1.807) is 6.07 Å². The van der Waals surface area contributed by atoms with Crippen LogP contribution in [-0.4, -0.2) is 38.2 Å². The lowest BCUT2D eigenvalue weighted by atomic mass is 9.77. The van der Waals surface area contributed by atoms with E-state index >= 15 is 0 Å². The molecule has 1 aromatic carbocycles.